The van der Waals surface area contributed by atoms with Gasteiger partial charge in [0, 0.05) is 21.5 Å². The number of hydrogen-bond donors (Lipinski definition) is 0. The van der Waals surface area contributed by atoms with Crippen LogP contribution in [0, 0.1) is 0 Å². The van der Waals surface area contributed by atoms with Crippen molar-refractivity contribution < 1.29 is 4.42 Å². The van der Waals surface area contributed by atoms with Gasteiger partial charge in [-0.25, -0.2) is 4.98 Å². The Morgan fingerprint density at radius 2 is 1.07 bits per heavy atom. The fourth-order valence-corrected chi connectivity index (χ4v) is 6.97. The van der Waals surface area contributed by atoms with E-state index in [-0.39, 0.29) is 0 Å². The minimum atomic E-state index is 0.772. The summed E-state index contributed by atoms with van der Waals surface area (Å²) in [5, 5.41) is 6.83. The van der Waals surface area contributed by atoms with E-state index < -0.39 is 0 Å². The average molecular weight is 551 g/mol. The maximum Gasteiger partial charge on any atom is 0.156 e. The quantitative estimate of drug-likeness (QED) is 0.215. The molecule has 10 aromatic rings. The summed E-state index contributed by atoms with van der Waals surface area (Å²) in [6.07, 6.45) is 1.87. The summed E-state index contributed by atoms with van der Waals surface area (Å²) in [7, 11) is 0. The molecule has 4 aromatic heterocycles. The summed E-state index contributed by atoms with van der Waals surface area (Å²) in [5.41, 5.74) is 8.94. The number of fused-ring (bicyclic) bond motifs is 11. The van der Waals surface area contributed by atoms with Gasteiger partial charge in [0.25, 0.3) is 0 Å². The van der Waals surface area contributed by atoms with Crippen molar-refractivity contribution in [2.24, 2.45) is 0 Å². The Hall–Kier alpha value is -5.94. The molecule has 0 bridgehead atoms. The van der Waals surface area contributed by atoms with Gasteiger partial charge in [-0.05, 0) is 42.5 Å². The maximum atomic E-state index is 6.79. The molecule has 0 fully saturated rings. The molecule has 0 unspecified atom stereocenters. The van der Waals surface area contributed by atoms with Crippen molar-refractivity contribution in [1.82, 2.24) is 19.1 Å². The monoisotopic (exact) mass is 550 g/mol. The molecule has 5 heteroatoms. The van der Waals surface area contributed by atoms with Crippen molar-refractivity contribution in [3.63, 3.8) is 0 Å². The van der Waals surface area contributed by atoms with Gasteiger partial charge in [0.15, 0.2) is 5.82 Å². The molecule has 5 nitrogen and oxygen atoms in total. The fourth-order valence-electron chi connectivity index (χ4n) is 6.97. The van der Waals surface area contributed by atoms with Crippen LogP contribution < -0.4 is 0 Å². The molecule has 10 rings (SSSR count). The van der Waals surface area contributed by atoms with Crippen LogP contribution in [0.4, 0.5) is 0 Å². The molecule has 4 heterocycles. The summed E-state index contributed by atoms with van der Waals surface area (Å²) in [5.74, 6) is 0.772. The Labute approximate surface area is 244 Å². The van der Waals surface area contributed by atoms with Gasteiger partial charge < -0.3 is 8.98 Å². The molecule has 0 saturated carbocycles. The smallest absolute Gasteiger partial charge is 0.156 e. The molecule has 200 valence electrons. The van der Waals surface area contributed by atoms with Gasteiger partial charge in [-0.1, -0.05) is 84.9 Å². The lowest BCUT2D eigenvalue weighted by Crippen LogP contribution is -2.00. The SMILES string of the molecule is c1ccc2nc(-n3c4ccccc4c4c5oc6ccccc6c5c(-n5c6ccccc6c6ccccc65)cc43)cnc2c1. The highest BCUT2D eigenvalue weighted by atomic mass is 16.3. The van der Waals surface area contributed by atoms with E-state index in [1.54, 1.807) is 0 Å². The zero-order chi connectivity index (χ0) is 28.1. The highest BCUT2D eigenvalue weighted by Crippen LogP contribution is 2.45. The molecule has 6 aromatic carbocycles. The first-order valence-electron chi connectivity index (χ1n) is 14.4. The van der Waals surface area contributed by atoms with E-state index in [1.807, 2.05) is 36.5 Å². The first-order chi connectivity index (χ1) is 21.3. The van der Waals surface area contributed by atoms with E-state index in [0.717, 1.165) is 77.3 Å². The Balaban J connectivity index is 1.46. The third-order valence-electron chi connectivity index (χ3n) is 8.75. The Morgan fingerprint density at radius 3 is 1.81 bits per heavy atom. The van der Waals surface area contributed by atoms with E-state index in [4.69, 9.17) is 14.4 Å². The molecule has 0 aliphatic heterocycles. The van der Waals surface area contributed by atoms with Crippen molar-refractivity contribution in [3.05, 3.63) is 134 Å². The van der Waals surface area contributed by atoms with Crippen molar-refractivity contribution in [1.29, 1.82) is 0 Å². The summed E-state index contributed by atoms with van der Waals surface area (Å²) in [6, 6.07) is 44.5. The molecule has 0 aliphatic carbocycles. The molecular weight excluding hydrogens is 528 g/mol. The second kappa shape index (κ2) is 8.30. The Bertz CT molecular complexity index is 2690. The third kappa shape index (κ3) is 3.00. The third-order valence-corrected chi connectivity index (χ3v) is 8.75. The summed E-state index contributed by atoms with van der Waals surface area (Å²) >= 11 is 0. The molecule has 0 aliphatic rings. The number of hydrogen-bond acceptors (Lipinski definition) is 3. The van der Waals surface area contributed by atoms with Gasteiger partial charge in [-0.15, -0.1) is 0 Å². The average Bonchev–Trinajstić information content (AvgIpc) is 3.72. The number of rotatable bonds is 2. The number of aromatic nitrogens is 4. The van der Waals surface area contributed by atoms with E-state index in [1.165, 1.54) is 10.8 Å². The van der Waals surface area contributed by atoms with Crippen LogP contribution in [0.15, 0.2) is 138 Å². The highest BCUT2D eigenvalue weighted by molar-refractivity contribution is 6.27. The zero-order valence-corrected chi connectivity index (χ0v) is 22.9. The van der Waals surface area contributed by atoms with Gasteiger partial charge in [0.1, 0.15) is 11.2 Å². The van der Waals surface area contributed by atoms with Crippen LogP contribution in [-0.4, -0.2) is 19.1 Å². The molecule has 0 amide bonds. The predicted molar refractivity (Wildman–Crippen MR) is 175 cm³/mol. The first kappa shape index (κ1) is 22.7. The lowest BCUT2D eigenvalue weighted by molar-refractivity contribution is 0.673. The normalized spacial score (nSPS) is 12.2. The van der Waals surface area contributed by atoms with Crippen LogP contribution >= 0.6 is 0 Å². The molecular formula is C38H22N4O. The van der Waals surface area contributed by atoms with Crippen LogP contribution in [0.2, 0.25) is 0 Å². The summed E-state index contributed by atoms with van der Waals surface area (Å²) in [4.78, 5) is 9.89. The second-order valence-corrected chi connectivity index (χ2v) is 11.0. The predicted octanol–water partition coefficient (Wildman–Crippen LogP) is 9.72. The minimum absolute atomic E-state index is 0.772. The van der Waals surface area contributed by atoms with Gasteiger partial charge in [0.2, 0.25) is 0 Å². The number of nitrogens with zero attached hydrogens (tertiary/aromatic N) is 4. The number of benzene rings is 6. The van der Waals surface area contributed by atoms with Gasteiger partial charge in [-0.2, -0.15) is 0 Å². The van der Waals surface area contributed by atoms with E-state index in [2.05, 4.69) is 106 Å². The Kier molecular flexibility index (Phi) is 4.39. The largest absolute Gasteiger partial charge is 0.455 e. The standard InChI is InChI=1S/C38H22N4O/c1-7-17-29-23(11-1)24-12-2-8-18-30(24)41(29)32-21-33-36(38-37(32)26-14-4-10-20-34(26)43-38)25-13-3-9-19-31(25)42(33)35-22-39-27-15-5-6-16-28(27)40-35/h1-22H. The molecule has 0 saturated heterocycles. The Morgan fingerprint density at radius 1 is 0.488 bits per heavy atom. The lowest BCUT2D eigenvalue weighted by atomic mass is 10.1. The molecule has 0 N–H and O–H groups in total. The zero-order valence-electron chi connectivity index (χ0n) is 22.9. The summed E-state index contributed by atoms with van der Waals surface area (Å²) in [6.45, 7) is 0. The van der Waals surface area contributed by atoms with Crippen LogP contribution in [0.25, 0.3) is 88.1 Å². The lowest BCUT2D eigenvalue weighted by Gasteiger charge is -2.12. The van der Waals surface area contributed by atoms with Crippen LogP contribution in [0.1, 0.15) is 0 Å². The van der Waals surface area contributed by atoms with Crippen LogP contribution in [0.5, 0.6) is 0 Å². The van der Waals surface area contributed by atoms with Crippen molar-refractivity contribution in [2.75, 3.05) is 0 Å². The topological polar surface area (TPSA) is 48.8 Å². The number of furan rings is 1. The van der Waals surface area contributed by atoms with Gasteiger partial charge >= 0.3 is 0 Å². The molecule has 0 radical (unpaired) electrons. The first-order valence-corrected chi connectivity index (χ1v) is 14.4. The van der Waals surface area contributed by atoms with E-state index in [0.29, 0.717) is 0 Å². The molecule has 43 heavy (non-hydrogen) atoms. The van der Waals surface area contributed by atoms with Gasteiger partial charge in [0.05, 0.1) is 55.8 Å². The van der Waals surface area contributed by atoms with E-state index >= 15 is 0 Å². The van der Waals surface area contributed by atoms with Crippen LogP contribution in [-0.2, 0) is 0 Å². The van der Waals surface area contributed by atoms with E-state index in [9.17, 15) is 0 Å². The number of para-hydroxylation sites is 6. The van der Waals surface area contributed by atoms with Gasteiger partial charge in [-0.3, -0.25) is 9.55 Å². The van der Waals surface area contributed by atoms with Crippen molar-refractivity contribution >= 4 is 76.6 Å². The van der Waals surface area contributed by atoms with Crippen molar-refractivity contribution in [3.8, 4) is 11.5 Å². The fraction of sp³-hybridized carbons (Fsp3) is 0. The minimum Gasteiger partial charge on any atom is -0.455 e. The molecule has 0 atom stereocenters. The summed E-state index contributed by atoms with van der Waals surface area (Å²) < 4.78 is 11.4. The molecule has 0 spiro atoms. The highest BCUT2D eigenvalue weighted by Gasteiger charge is 2.24. The van der Waals surface area contributed by atoms with Crippen molar-refractivity contribution in [2.45, 2.75) is 0 Å². The maximum absolute atomic E-state index is 6.79. The van der Waals surface area contributed by atoms with Crippen LogP contribution in [0.3, 0.4) is 0 Å². The second-order valence-electron chi connectivity index (χ2n) is 11.0.